The summed E-state index contributed by atoms with van der Waals surface area (Å²) in [4.78, 5) is 12.7. The summed E-state index contributed by atoms with van der Waals surface area (Å²) >= 11 is 0. The second kappa shape index (κ2) is 11.1. The number of hydrogen-bond donors (Lipinski definition) is 1. The van der Waals surface area contributed by atoms with Crippen molar-refractivity contribution in [3.05, 3.63) is 94.9 Å². The lowest BCUT2D eigenvalue weighted by Gasteiger charge is -2.28. The zero-order chi connectivity index (χ0) is 26.5. The first kappa shape index (κ1) is 25.6. The summed E-state index contributed by atoms with van der Waals surface area (Å²) in [6, 6.07) is 22.4. The van der Waals surface area contributed by atoms with Gasteiger partial charge in [-0.25, -0.2) is 4.79 Å². The number of hydrogen-bond acceptors (Lipinski definition) is 7. The summed E-state index contributed by atoms with van der Waals surface area (Å²) in [5, 5.41) is 9.85. The van der Waals surface area contributed by atoms with E-state index in [0.717, 1.165) is 5.56 Å². The molecule has 4 rings (SSSR count). The highest BCUT2D eigenvalue weighted by Crippen LogP contribution is 2.45. The van der Waals surface area contributed by atoms with Crippen LogP contribution in [0.25, 0.3) is 0 Å². The summed E-state index contributed by atoms with van der Waals surface area (Å²) in [5.74, 6) is 1.28. The van der Waals surface area contributed by atoms with Gasteiger partial charge in [-0.05, 0) is 49.6 Å². The van der Waals surface area contributed by atoms with Gasteiger partial charge in [0.2, 0.25) is 5.88 Å². The molecule has 1 aliphatic heterocycles. The van der Waals surface area contributed by atoms with E-state index >= 15 is 0 Å². The molecule has 0 spiro atoms. The Hall–Kier alpha value is -4.44. The van der Waals surface area contributed by atoms with Crippen LogP contribution in [0.3, 0.4) is 0 Å². The fraction of sp³-hybridized carbons (Fsp3) is 0.267. The number of nitriles is 1. The molecule has 0 radical (unpaired) electrons. The van der Waals surface area contributed by atoms with Gasteiger partial charge in [0.05, 0.1) is 12.5 Å². The predicted octanol–water partition coefficient (Wildman–Crippen LogP) is 5.80. The van der Waals surface area contributed by atoms with Crippen LogP contribution in [-0.4, -0.2) is 18.7 Å². The molecule has 2 N–H and O–H groups in total. The lowest BCUT2D eigenvalue weighted by Crippen LogP contribution is -2.28. The third kappa shape index (κ3) is 5.54. The Morgan fingerprint density at radius 2 is 1.73 bits per heavy atom. The molecule has 7 heteroatoms. The number of esters is 1. The third-order valence-electron chi connectivity index (χ3n) is 6.13. The van der Waals surface area contributed by atoms with Gasteiger partial charge in [0.1, 0.15) is 34.6 Å². The van der Waals surface area contributed by atoms with E-state index < -0.39 is 18.0 Å². The average molecular weight is 499 g/mol. The number of rotatable bonds is 8. The standard InChI is InChI=1S/C30H30N2O5/c1-5-34-26-9-7-6-8-23(26)28-24-15-14-22(16-27(24)37-29(32)25(28)17-31)36-30(33)19(4)35-21-12-10-20(11-13-21)18(2)3/h6-16,18-19,28H,5,32H2,1-4H3. The highest BCUT2D eigenvalue weighted by Gasteiger charge is 2.33. The molecule has 0 fully saturated rings. The van der Waals surface area contributed by atoms with E-state index in [-0.39, 0.29) is 17.2 Å². The molecule has 0 aliphatic carbocycles. The van der Waals surface area contributed by atoms with Crippen LogP contribution >= 0.6 is 0 Å². The molecule has 0 saturated carbocycles. The molecular weight excluding hydrogens is 468 g/mol. The fourth-order valence-electron chi connectivity index (χ4n) is 4.21. The molecule has 37 heavy (non-hydrogen) atoms. The van der Waals surface area contributed by atoms with Gasteiger partial charge in [-0.3, -0.25) is 0 Å². The van der Waals surface area contributed by atoms with Crippen LogP contribution in [0.15, 0.2) is 78.2 Å². The van der Waals surface area contributed by atoms with Gasteiger partial charge in [-0.15, -0.1) is 0 Å². The van der Waals surface area contributed by atoms with Crippen LogP contribution in [0.5, 0.6) is 23.0 Å². The van der Waals surface area contributed by atoms with E-state index in [1.165, 1.54) is 5.56 Å². The first-order valence-electron chi connectivity index (χ1n) is 12.2. The minimum Gasteiger partial charge on any atom is -0.494 e. The quantitative estimate of drug-likeness (QED) is 0.309. The van der Waals surface area contributed by atoms with Gasteiger partial charge in [-0.2, -0.15) is 5.26 Å². The molecule has 0 amide bonds. The Balaban J connectivity index is 1.56. The number of carbonyl (C=O) groups excluding carboxylic acids is 1. The number of benzene rings is 3. The van der Waals surface area contributed by atoms with Crippen molar-refractivity contribution in [2.45, 2.75) is 45.6 Å². The first-order valence-corrected chi connectivity index (χ1v) is 12.2. The molecular formula is C30H30N2O5. The van der Waals surface area contributed by atoms with Gasteiger partial charge in [0, 0.05) is 17.2 Å². The third-order valence-corrected chi connectivity index (χ3v) is 6.13. The molecule has 3 aromatic rings. The van der Waals surface area contributed by atoms with E-state index in [9.17, 15) is 10.1 Å². The van der Waals surface area contributed by atoms with E-state index in [0.29, 0.717) is 35.3 Å². The Morgan fingerprint density at radius 1 is 1.03 bits per heavy atom. The lowest BCUT2D eigenvalue weighted by molar-refractivity contribution is -0.141. The largest absolute Gasteiger partial charge is 0.494 e. The molecule has 0 aromatic heterocycles. The summed E-state index contributed by atoms with van der Waals surface area (Å²) in [6.45, 7) is 8.24. The van der Waals surface area contributed by atoms with Gasteiger partial charge >= 0.3 is 5.97 Å². The monoisotopic (exact) mass is 498 g/mol. The predicted molar refractivity (Wildman–Crippen MR) is 140 cm³/mol. The topological polar surface area (TPSA) is 104 Å². The van der Waals surface area contributed by atoms with Crippen LogP contribution in [0.1, 0.15) is 56.2 Å². The van der Waals surface area contributed by atoms with E-state index in [2.05, 4.69) is 19.9 Å². The van der Waals surface area contributed by atoms with Gasteiger partial charge in [0.15, 0.2) is 6.10 Å². The summed E-state index contributed by atoms with van der Waals surface area (Å²) in [6.07, 6.45) is -0.831. The van der Waals surface area contributed by atoms with E-state index in [1.807, 2.05) is 55.5 Å². The number of fused-ring (bicyclic) bond motifs is 1. The van der Waals surface area contributed by atoms with Crippen molar-refractivity contribution in [1.29, 1.82) is 5.26 Å². The molecule has 0 saturated heterocycles. The van der Waals surface area contributed by atoms with Gasteiger partial charge in [-0.1, -0.05) is 50.2 Å². The molecule has 1 aliphatic rings. The molecule has 190 valence electrons. The van der Waals surface area contributed by atoms with Crippen molar-refractivity contribution in [3.63, 3.8) is 0 Å². The second-order valence-electron chi connectivity index (χ2n) is 9.00. The van der Waals surface area contributed by atoms with Crippen LogP contribution in [0.2, 0.25) is 0 Å². The molecule has 1 heterocycles. The number of allylic oxidation sites excluding steroid dienone is 1. The number of para-hydroxylation sites is 1. The Bertz CT molecular complexity index is 1360. The molecule has 7 nitrogen and oxygen atoms in total. The SMILES string of the molecule is CCOc1ccccc1C1C(C#N)=C(N)Oc2cc(OC(=O)C(C)Oc3ccc(C(C)C)cc3)ccc21. The first-order chi connectivity index (χ1) is 17.8. The van der Waals surface area contributed by atoms with Crippen molar-refractivity contribution in [3.8, 4) is 29.1 Å². The number of carbonyl (C=O) groups is 1. The maximum atomic E-state index is 12.7. The molecule has 2 unspecified atom stereocenters. The van der Waals surface area contributed by atoms with Crippen molar-refractivity contribution in [2.75, 3.05) is 6.61 Å². The smallest absolute Gasteiger partial charge is 0.352 e. The van der Waals surface area contributed by atoms with Crippen LogP contribution < -0.4 is 24.7 Å². The minimum atomic E-state index is -0.831. The van der Waals surface area contributed by atoms with Crippen molar-refractivity contribution >= 4 is 5.97 Å². The van der Waals surface area contributed by atoms with E-state index in [4.69, 9.17) is 24.7 Å². The van der Waals surface area contributed by atoms with Crippen molar-refractivity contribution in [2.24, 2.45) is 5.73 Å². The van der Waals surface area contributed by atoms with Crippen LogP contribution in [0, 0.1) is 11.3 Å². The molecule has 3 aromatic carbocycles. The number of ether oxygens (including phenoxy) is 4. The fourth-order valence-corrected chi connectivity index (χ4v) is 4.21. The summed E-state index contributed by atoms with van der Waals surface area (Å²) in [5.41, 5.74) is 9.12. The van der Waals surface area contributed by atoms with Crippen molar-refractivity contribution in [1.82, 2.24) is 0 Å². The minimum absolute atomic E-state index is 0.00340. The summed E-state index contributed by atoms with van der Waals surface area (Å²) < 4.78 is 22.9. The highest BCUT2D eigenvalue weighted by atomic mass is 16.6. The molecule has 2 atom stereocenters. The highest BCUT2D eigenvalue weighted by molar-refractivity contribution is 5.77. The second-order valence-corrected chi connectivity index (χ2v) is 9.00. The lowest BCUT2D eigenvalue weighted by atomic mass is 9.83. The maximum absolute atomic E-state index is 12.7. The number of nitrogens with zero attached hydrogens (tertiary/aromatic N) is 1. The Labute approximate surface area is 217 Å². The zero-order valence-electron chi connectivity index (χ0n) is 21.4. The van der Waals surface area contributed by atoms with Crippen LogP contribution in [0.4, 0.5) is 0 Å². The van der Waals surface area contributed by atoms with Gasteiger partial charge in [0.25, 0.3) is 0 Å². The van der Waals surface area contributed by atoms with Gasteiger partial charge < -0.3 is 24.7 Å². The van der Waals surface area contributed by atoms with E-state index in [1.54, 1.807) is 25.1 Å². The van der Waals surface area contributed by atoms with Crippen LogP contribution in [-0.2, 0) is 4.79 Å². The van der Waals surface area contributed by atoms with Crippen molar-refractivity contribution < 1.29 is 23.7 Å². The molecule has 0 bridgehead atoms. The zero-order valence-corrected chi connectivity index (χ0v) is 21.4. The Morgan fingerprint density at radius 3 is 2.41 bits per heavy atom. The summed E-state index contributed by atoms with van der Waals surface area (Å²) in [7, 11) is 0. The normalized spacial score (nSPS) is 15.3. The number of nitrogens with two attached hydrogens (primary N) is 1. The Kier molecular flexibility index (Phi) is 7.69. The average Bonchev–Trinajstić information content (AvgIpc) is 2.88. The maximum Gasteiger partial charge on any atom is 0.352 e.